The minimum atomic E-state index is -0.696. The fourth-order valence-electron chi connectivity index (χ4n) is 2.84. The molecular formula is C17H19FN4O3. The fourth-order valence-corrected chi connectivity index (χ4v) is 2.84. The summed E-state index contributed by atoms with van der Waals surface area (Å²) >= 11 is 0. The van der Waals surface area contributed by atoms with Gasteiger partial charge in [-0.3, -0.25) is 9.59 Å². The van der Waals surface area contributed by atoms with Crippen molar-refractivity contribution >= 4 is 11.8 Å². The molecule has 25 heavy (non-hydrogen) atoms. The van der Waals surface area contributed by atoms with Crippen LogP contribution in [0.25, 0.3) is 0 Å². The molecule has 1 aromatic carbocycles. The number of aromatic nitrogens is 2. The molecule has 8 heteroatoms. The van der Waals surface area contributed by atoms with Crippen LogP contribution >= 0.6 is 0 Å². The second kappa shape index (κ2) is 7.42. The van der Waals surface area contributed by atoms with E-state index in [9.17, 15) is 14.0 Å². The molecule has 7 nitrogen and oxygen atoms in total. The molecule has 132 valence electrons. The number of carbonyl (C=O) groups excluding carboxylic acids is 2. The number of nitrogens with one attached hydrogen (secondary N) is 1. The number of likely N-dealkylation sites (tertiary alicyclic amines) is 1. The second-order valence-corrected chi connectivity index (χ2v) is 6.00. The lowest BCUT2D eigenvalue weighted by Gasteiger charge is -2.23. The summed E-state index contributed by atoms with van der Waals surface area (Å²) in [7, 11) is 0. The summed E-state index contributed by atoms with van der Waals surface area (Å²) in [6.45, 7) is 2.45. The molecule has 1 saturated heterocycles. The Bertz CT molecular complexity index is 777. The Kier molecular flexibility index (Phi) is 5.06. The van der Waals surface area contributed by atoms with E-state index in [2.05, 4.69) is 15.5 Å². The molecule has 0 spiro atoms. The molecule has 1 N–H and O–H groups in total. The predicted octanol–water partition coefficient (Wildman–Crippen LogP) is 1.83. The van der Waals surface area contributed by atoms with E-state index in [-0.39, 0.29) is 18.0 Å². The number of benzene rings is 1. The van der Waals surface area contributed by atoms with Crippen LogP contribution in [0.3, 0.4) is 0 Å². The van der Waals surface area contributed by atoms with Crippen LogP contribution in [0.5, 0.6) is 0 Å². The second-order valence-electron chi connectivity index (χ2n) is 6.00. The number of nitrogens with zero attached hydrogens (tertiary/aromatic N) is 3. The van der Waals surface area contributed by atoms with Crippen molar-refractivity contribution < 1.29 is 18.5 Å². The third-order valence-corrected chi connectivity index (χ3v) is 4.10. The third kappa shape index (κ3) is 4.01. The van der Waals surface area contributed by atoms with E-state index >= 15 is 0 Å². The van der Waals surface area contributed by atoms with Gasteiger partial charge in [0.1, 0.15) is 18.4 Å². The first-order valence-corrected chi connectivity index (χ1v) is 8.18. The van der Waals surface area contributed by atoms with Gasteiger partial charge in [-0.25, -0.2) is 4.39 Å². The quantitative estimate of drug-likeness (QED) is 0.912. The molecule has 0 aliphatic carbocycles. The lowest BCUT2D eigenvalue weighted by atomic mass is 10.1. The minimum Gasteiger partial charge on any atom is -0.340 e. The van der Waals surface area contributed by atoms with Gasteiger partial charge in [-0.15, -0.1) is 0 Å². The van der Waals surface area contributed by atoms with E-state index in [1.807, 2.05) is 0 Å². The Morgan fingerprint density at radius 2 is 2.20 bits per heavy atom. The van der Waals surface area contributed by atoms with Crippen molar-refractivity contribution in [1.82, 2.24) is 20.4 Å². The molecular weight excluding hydrogens is 327 g/mol. The highest BCUT2D eigenvalue weighted by molar-refractivity contribution is 5.97. The maximum absolute atomic E-state index is 13.8. The molecule has 2 amide bonds. The van der Waals surface area contributed by atoms with Crippen molar-refractivity contribution in [3.8, 4) is 0 Å². The molecule has 3 rings (SSSR count). The van der Waals surface area contributed by atoms with Crippen LogP contribution < -0.4 is 5.32 Å². The van der Waals surface area contributed by atoms with Gasteiger partial charge in [0.25, 0.3) is 5.91 Å². The van der Waals surface area contributed by atoms with Gasteiger partial charge in [0.2, 0.25) is 11.8 Å². The van der Waals surface area contributed by atoms with Gasteiger partial charge in [0.05, 0.1) is 5.56 Å². The lowest BCUT2D eigenvalue weighted by Crippen LogP contribution is -2.47. The Labute approximate surface area is 144 Å². The Balaban J connectivity index is 1.71. The van der Waals surface area contributed by atoms with Gasteiger partial charge in [-0.05, 0) is 38.3 Å². The van der Waals surface area contributed by atoms with Crippen LogP contribution in [0.15, 0.2) is 28.8 Å². The summed E-state index contributed by atoms with van der Waals surface area (Å²) < 4.78 is 18.8. The monoisotopic (exact) mass is 346 g/mol. The highest BCUT2D eigenvalue weighted by Crippen LogP contribution is 2.16. The van der Waals surface area contributed by atoms with Crippen molar-refractivity contribution in [2.24, 2.45) is 0 Å². The number of amides is 2. The highest BCUT2D eigenvalue weighted by atomic mass is 19.1. The Morgan fingerprint density at radius 3 is 2.92 bits per heavy atom. The summed E-state index contributed by atoms with van der Waals surface area (Å²) in [5.74, 6) is -0.571. The first kappa shape index (κ1) is 17.1. The van der Waals surface area contributed by atoms with Gasteiger partial charge in [-0.2, -0.15) is 4.98 Å². The van der Waals surface area contributed by atoms with E-state index in [0.29, 0.717) is 24.7 Å². The molecule has 1 unspecified atom stereocenters. The van der Waals surface area contributed by atoms with Crippen molar-refractivity contribution in [3.63, 3.8) is 0 Å². The first-order valence-electron chi connectivity index (χ1n) is 8.18. The third-order valence-electron chi connectivity index (χ3n) is 4.10. The van der Waals surface area contributed by atoms with Crippen LogP contribution in [0.2, 0.25) is 0 Å². The number of halogens is 1. The van der Waals surface area contributed by atoms with Crippen LogP contribution in [0.1, 0.15) is 41.3 Å². The van der Waals surface area contributed by atoms with Crippen LogP contribution in [-0.2, 0) is 11.3 Å². The summed E-state index contributed by atoms with van der Waals surface area (Å²) in [6.07, 6.45) is 2.11. The Hall–Kier alpha value is -2.77. The molecule has 0 saturated carbocycles. The molecule has 2 aromatic rings. The van der Waals surface area contributed by atoms with Crippen molar-refractivity contribution in [3.05, 3.63) is 47.4 Å². The molecule has 0 bridgehead atoms. The summed E-state index contributed by atoms with van der Waals surface area (Å²) in [6, 6.07) is 5.01. The van der Waals surface area contributed by atoms with Gasteiger partial charge in [0.15, 0.2) is 5.82 Å². The smallest absolute Gasteiger partial charge is 0.254 e. The van der Waals surface area contributed by atoms with E-state index in [0.717, 1.165) is 12.8 Å². The van der Waals surface area contributed by atoms with Crippen LogP contribution in [0.4, 0.5) is 4.39 Å². The molecule has 0 radical (unpaired) electrons. The Morgan fingerprint density at radius 1 is 1.40 bits per heavy atom. The van der Waals surface area contributed by atoms with Crippen molar-refractivity contribution in [2.75, 3.05) is 6.54 Å². The molecule has 1 atom stereocenters. The van der Waals surface area contributed by atoms with E-state index in [1.165, 1.54) is 18.2 Å². The number of rotatable bonds is 4. The molecule has 1 fully saturated rings. The maximum Gasteiger partial charge on any atom is 0.254 e. The van der Waals surface area contributed by atoms with E-state index < -0.39 is 17.8 Å². The number of carbonyl (C=O) groups is 2. The normalized spacial score (nSPS) is 18.1. The highest BCUT2D eigenvalue weighted by Gasteiger charge is 2.30. The average molecular weight is 346 g/mol. The lowest BCUT2D eigenvalue weighted by molar-refractivity contribution is -0.133. The van der Waals surface area contributed by atoms with E-state index in [4.69, 9.17) is 4.52 Å². The topological polar surface area (TPSA) is 88.3 Å². The molecule has 1 aliphatic rings. The number of hydrogen-bond acceptors (Lipinski definition) is 5. The summed E-state index contributed by atoms with van der Waals surface area (Å²) in [4.78, 5) is 30.7. The predicted molar refractivity (Wildman–Crippen MR) is 86.0 cm³/mol. The minimum absolute atomic E-state index is 0.0707. The van der Waals surface area contributed by atoms with Gasteiger partial charge >= 0.3 is 0 Å². The molecule has 1 aliphatic heterocycles. The first-order chi connectivity index (χ1) is 12.0. The average Bonchev–Trinajstić information content (AvgIpc) is 2.93. The zero-order chi connectivity index (χ0) is 17.8. The van der Waals surface area contributed by atoms with Crippen LogP contribution in [0, 0.1) is 12.7 Å². The fraction of sp³-hybridized carbons (Fsp3) is 0.412. The van der Waals surface area contributed by atoms with E-state index in [1.54, 1.807) is 17.9 Å². The number of aryl methyl sites for hydroxylation is 1. The van der Waals surface area contributed by atoms with Gasteiger partial charge < -0.3 is 14.7 Å². The van der Waals surface area contributed by atoms with Gasteiger partial charge in [0, 0.05) is 6.54 Å². The zero-order valence-corrected chi connectivity index (χ0v) is 13.9. The maximum atomic E-state index is 13.8. The SMILES string of the molecule is Cc1noc(CN2CCCCC(NC(=O)c3ccccc3F)C2=O)n1. The van der Waals surface area contributed by atoms with Crippen LogP contribution in [-0.4, -0.2) is 39.4 Å². The molecule has 2 heterocycles. The number of hydrogen-bond donors (Lipinski definition) is 1. The van der Waals surface area contributed by atoms with Crippen molar-refractivity contribution in [2.45, 2.75) is 38.8 Å². The largest absolute Gasteiger partial charge is 0.340 e. The standard InChI is InChI=1S/C17H19FN4O3/c1-11-19-15(25-21-11)10-22-9-5-4-8-14(17(22)24)20-16(23)12-6-2-3-7-13(12)18/h2-3,6-7,14H,4-5,8-10H2,1H3,(H,20,23). The van der Waals surface area contributed by atoms with Gasteiger partial charge in [-0.1, -0.05) is 17.3 Å². The summed E-state index contributed by atoms with van der Waals surface area (Å²) in [5.41, 5.74) is -0.0707. The summed E-state index contributed by atoms with van der Waals surface area (Å²) in [5, 5.41) is 6.36. The van der Waals surface area contributed by atoms with Crippen molar-refractivity contribution in [1.29, 1.82) is 0 Å². The molecule has 1 aromatic heterocycles. The zero-order valence-electron chi connectivity index (χ0n) is 13.9.